The maximum atomic E-state index is 13.9. The maximum Gasteiger partial charge on any atom is 0.178 e. The molecule has 56 heavy (non-hydrogen) atoms. The van der Waals surface area contributed by atoms with Crippen LogP contribution in [0, 0.1) is 11.6 Å². The predicted molar refractivity (Wildman–Crippen MR) is 225 cm³/mol. The van der Waals surface area contributed by atoms with Crippen LogP contribution in [0.1, 0.15) is 0 Å². The Morgan fingerprint density at radius 1 is 0.304 bits per heavy atom. The van der Waals surface area contributed by atoms with E-state index in [0.717, 1.165) is 88.4 Å². The first-order valence-electron chi connectivity index (χ1n) is 18.4. The van der Waals surface area contributed by atoms with Gasteiger partial charge in [-0.05, 0) is 155 Å². The maximum absolute atomic E-state index is 13.9. The zero-order chi connectivity index (χ0) is 37.3. The van der Waals surface area contributed by atoms with Crippen LogP contribution < -0.4 is 9.80 Å². The molecule has 0 aliphatic rings. The summed E-state index contributed by atoms with van der Waals surface area (Å²) in [5.74, 6) is -0.551. The number of para-hydroxylation sites is 2. The Morgan fingerprint density at radius 3 is 1.09 bits per heavy atom. The molecule has 0 saturated carbocycles. The van der Waals surface area contributed by atoms with Crippen molar-refractivity contribution in [2.45, 2.75) is 0 Å². The van der Waals surface area contributed by atoms with Gasteiger partial charge in [-0.1, -0.05) is 48.5 Å². The zero-order valence-corrected chi connectivity index (χ0v) is 29.8. The first-order valence-corrected chi connectivity index (χ1v) is 18.4. The molecule has 0 spiro atoms. The van der Waals surface area contributed by atoms with Crippen molar-refractivity contribution in [1.82, 2.24) is 0 Å². The summed E-state index contributed by atoms with van der Waals surface area (Å²) in [5.41, 5.74) is 8.51. The van der Waals surface area contributed by atoms with Crippen LogP contribution in [0.3, 0.4) is 0 Å². The number of rotatable bonds is 6. The fraction of sp³-hybridized carbons (Fsp3) is 0. The lowest BCUT2D eigenvalue weighted by Crippen LogP contribution is -2.09. The zero-order valence-electron chi connectivity index (χ0n) is 29.8. The Hall–Kier alpha value is -7.44. The molecule has 6 heteroatoms. The lowest BCUT2D eigenvalue weighted by atomic mass is 10.0. The number of anilines is 6. The van der Waals surface area contributed by atoms with Gasteiger partial charge in [0.05, 0.1) is 0 Å². The minimum absolute atomic E-state index is 0.276. The van der Waals surface area contributed by atoms with Gasteiger partial charge in [0.15, 0.2) is 11.2 Å². The van der Waals surface area contributed by atoms with Gasteiger partial charge >= 0.3 is 0 Å². The number of halogens is 2. The van der Waals surface area contributed by atoms with Gasteiger partial charge in [0, 0.05) is 55.7 Å². The molecule has 4 nitrogen and oxygen atoms in total. The lowest BCUT2D eigenvalue weighted by molar-refractivity contribution is 0.627. The van der Waals surface area contributed by atoms with E-state index < -0.39 is 0 Å². The SMILES string of the molecule is Fc1ccc(N(c2ccccc2)c2ccc3cc4c(cc3c2)oc2c4ccc3c4cc5ccc(N(c6ccccc6)c6ccc(F)cc6)cc5cc4oc32)cc1. The molecule has 0 aliphatic heterocycles. The fourth-order valence-electron chi connectivity index (χ4n) is 8.03. The van der Waals surface area contributed by atoms with Crippen LogP contribution in [0.25, 0.3) is 65.4 Å². The normalized spacial score (nSPS) is 11.8. The molecule has 0 fully saturated rings. The highest BCUT2D eigenvalue weighted by Crippen LogP contribution is 2.43. The number of benzene rings is 9. The Kier molecular flexibility index (Phi) is 7.19. The summed E-state index contributed by atoms with van der Waals surface area (Å²) >= 11 is 0. The van der Waals surface area contributed by atoms with Crippen molar-refractivity contribution in [1.29, 1.82) is 0 Å². The second-order valence-corrected chi connectivity index (χ2v) is 14.1. The van der Waals surface area contributed by atoms with Crippen molar-refractivity contribution in [3.8, 4) is 0 Å². The summed E-state index contributed by atoms with van der Waals surface area (Å²) in [6.07, 6.45) is 0. The summed E-state index contributed by atoms with van der Waals surface area (Å²) in [7, 11) is 0. The third-order valence-electron chi connectivity index (χ3n) is 10.7. The molecule has 0 bridgehead atoms. The van der Waals surface area contributed by atoms with E-state index in [1.54, 1.807) is 24.3 Å². The van der Waals surface area contributed by atoms with Crippen LogP contribution in [0.5, 0.6) is 0 Å². The van der Waals surface area contributed by atoms with Gasteiger partial charge < -0.3 is 18.6 Å². The highest BCUT2D eigenvalue weighted by atomic mass is 19.1. The number of nitrogens with zero attached hydrogens (tertiary/aromatic N) is 2. The molecule has 0 atom stereocenters. The van der Waals surface area contributed by atoms with Crippen molar-refractivity contribution in [3.05, 3.63) is 194 Å². The van der Waals surface area contributed by atoms with Gasteiger partial charge in [-0.25, -0.2) is 8.78 Å². The smallest absolute Gasteiger partial charge is 0.178 e. The van der Waals surface area contributed by atoms with Crippen LogP contribution >= 0.6 is 0 Å². The average Bonchev–Trinajstić information content (AvgIpc) is 3.79. The Labute approximate surface area is 319 Å². The summed E-state index contributed by atoms with van der Waals surface area (Å²) in [5, 5.41) is 8.19. The Balaban J connectivity index is 1.03. The largest absolute Gasteiger partial charge is 0.452 e. The third kappa shape index (κ3) is 5.26. The Morgan fingerprint density at radius 2 is 0.679 bits per heavy atom. The van der Waals surface area contributed by atoms with E-state index >= 15 is 0 Å². The van der Waals surface area contributed by atoms with Crippen LogP contribution in [-0.2, 0) is 0 Å². The van der Waals surface area contributed by atoms with E-state index in [9.17, 15) is 8.78 Å². The van der Waals surface area contributed by atoms with Crippen molar-refractivity contribution in [3.63, 3.8) is 0 Å². The molecule has 11 aromatic rings. The minimum atomic E-state index is -0.276. The molecule has 11 rings (SSSR count). The second kappa shape index (κ2) is 12.6. The molecule has 266 valence electrons. The molecular weight excluding hydrogens is 699 g/mol. The lowest BCUT2D eigenvalue weighted by Gasteiger charge is -2.25. The van der Waals surface area contributed by atoms with Crippen molar-refractivity contribution in [2.75, 3.05) is 9.80 Å². The number of hydrogen-bond acceptors (Lipinski definition) is 4. The molecule has 0 radical (unpaired) electrons. The van der Waals surface area contributed by atoms with Crippen LogP contribution in [0.2, 0.25) is 0 Å². The highest BCUT2D eigenvalue weighted by Gasteiger charge is 2.19. The molecular formula is C50H30F2N2O2. The van der Waals surface area contributed by atoms with Gasteiger partial charge in [0.2, 0.25) is 0 Å². The molecule has 0 N–H and O–H groups in total. The van der Waals surface area contributed by atoms with Gasteiger partial charge in [-0.3, -0.25) is 0 Å². The van der Waals surface area contributed by atoms with E-state index in [1.165, 1.54) is 24.3 Å². The van der Waals surface area contributed by atoms with Crippen molar-refractivity contribution in [2.24, 2.45) is 0 Å². The topological polar surface area (TPSA) is 32.8 Å². The molecule has 2 heterocycles. The average molecular weight is 729 g/mol. The summed E-state index contributed by atoms with van der Waals surface area (Å²) < 4.78 is 41.2. The first-order chi connectivity index (χ1) is 27.5. The van der Waals surface area contributed by atoms with Crippen LogP contribution in [0.4, 0.5) is 42.9 Å². The monoisotopic (exact) mass is 728 g/mol. The fourth-order valence-corrected chi connectivity index (χ4v) is 8.03. The molecule has 0 aliphatic carbocycles. The van der Waals surface area contributed by atoms with E-state index in [-0.39, 0.29) is 11.6 Å². The molecule has 0 unspecified atom stereocenters. The number of fused-ring (bicyclic) bond motifs is 9. The second-order valence-electron chi connectivity index (χ2n) is 14.1. The van der Waals surface area contributed by atoms with Gasteiger partial charge in [-0.2, -0.15) is 0 Å². The molecule has 9 aromatic carbocycles. The quantitative estimate of drug-likeness (QED) is 0.171. The van der Waals surface area contributed by atoms with Crippen molar-refractivity contribution >= 4 is 99.5 Å². The number of hydrogen-bond donors (Lipinski definition) is 0. The van der Waals surface area contributed by atoms with Crippen LogP contribution in [-0.4, -0.2) is 0 Å². The summed E-state index contributed by atoms with van der Waals surface area (Å²) in [4.78, 5) is 4.24. The Bertz CT molecular complexity index is 3040. The van der Waals surface area contributed by atoms with E-state index in [2.05, 4.69) is 82.6 Å². The highest BCUT2D eigenvalue weighted by molar-refractivity contribution is 6.21. The molecule has 0 saturated heterocycles. The molecule has 0 amide bonds. The van der Waals surface area contributed by atoms with E-state index in [0.29, 0.717) is 11.2 Å². The third-order valence-corrected chi connectivity index (χ3v) is 10.7. The first kappa shape index (κ1) is 32.0. The van der Waals surface area contributed by atoms with Gasteiger partial charge in [0.1, 0.15) is 22.8 Å². The predicted octanol–water partition coefficient (Wildman–Crippen LogP) is 15.0. The van der Waals surface area contributed by atoms with E-state index in [4.69, 9.17) is 8.83 Å². The minimum Gasteiger partial charge on any atom is -0.452 e. The van der Waals surface area contributed by atoms with Crippen molar-refractivity contribution < 1.29 is 17.6 Å². The van der Waals surface area contributed by atoms with Gasteiger partial charge in [-0.15, -0.1) is 0 Å². The standard InChI is InChI=1S/C50H30F2N2O2/c51-35-13-19-39(20-14-35)53(37-7-3-1-4-8-37)41-17-11-31-27-45-43-23-24-44-46-28-32-12-18-42(54(38-9-5-2-6-10-38)40-21-15-36(52)16-22-40)26-34(32)30-48(46)56-50(44)49(43)55-47(45)29-33(31)25-41/h1-30H. The van der Waals surface area contributed by atoms with Gasteiger partial charge in [0.25, 0.3) is 0 Å². The van der Waals surface area contributed by atoms with E-state index in [1.807, 2.05) is 60.7 Å². The molecule has 2 aromatic heterocycles. The van der Waals surface area contributed by atoms with Crippen LogP contribution in [0.15, 0.2) is 191 Å². The number of furan rings is 2. The summed E-state index contributed by atoms with van der Waals surface area (Å²) in [6.45, 7) is 0. The summed E-state index contributed by atoms with van der Waals surface area (Å²) in [6, 6.07) is 58.8.